The molecule has 0 N–H and O–H groups in total. The van der Waals surface area contributed by atoms with E-state index in [0.29, 0.717) is 0 Å². The fourth-order valence-electron chi connectivity index (χ4n) is 2.92. The first-order chi connectivity index (χ1) is 11.2. The van der Waals surface area contributed by atoms with Crippen molar-refractivity contribution >= 4 is 95.6 Å². The van der Waals surface area contributed by atoms with E-state index in [1.54, 1.807) is 0 Å². The van der Waals surface area contributed by atoms with E-state index in [0.717, 1.165) is 6.42 Å². The molecule has 130 valence electrons. The van der Waals surface area contributed by atoms with E-state index >= 15 is 0 Å². The first kappa shape index (κ1) is 21.6. The number of alkyl halides is 6. The first-order valence-corrected chi connectivity index (χ1v) is 12.2. The van der Waals surface area contributed by atoms with Crippen molar-refractivity contribution in [1.82, 2.24) is 0 Å². The van der Waals surface area contributed by atoms with E-state index in [1.165, 1.54) is 11.1 Å². The Morgan fingerprint density at radius 3 is 1.62 bits per heavy atom. The summed E-state index contributed by atoms with van der Waals surface area (Å²) in [6.45, 7) is 2.21. The first-order valence-electron chi connectivity index (χ1n) is 7.40. The molecule has 24 heavy (non-hydrogen) atoms. The lowest BCUT2D eigenvalue weighted by atomic mass is 9.78. The van der Waals surface area contributed by atoms with Gasteiger partial charge in [0.2, 0.25) is 0 Å². The highest BCUT2D eigenvalue weighted by Gasteiger charge is 2.61. The van der Waals surface area contributed by atoms with Gasteiger partial charge in [0, 0.05) is 5.92 Å². The molecule has 0 nitrogen and oxygen atoms in total. The lowest BCUT2D eigenvalue weighted by Crippen LogP contribution is -2.50. The minimum Gasteiger partial charge on any atom is -0.0768 e. The minimum atomic E-state index is -0.585. The van der Waals surface area contributed by atoms with Gasteiger partial charge in [0.05, 0.1) is 4.32 Å². The van der Waals surface area contributed by atoms with Crippen molar-refractivity contribution in [2.75, 3.05) is 0 Å². The summed E-state index contributed by atoms with van der Waals surface area (Å²) in [5.41, 5.74) is 2.46. The monoisotopic (exact) mass is 706 g/mol. The van der Waals surface area contributed by atoms with Crippen LogP contribution in [0.1, 0.15) is 30.4 Å². The third-order valence-corrected chi connectivity index (χ3v) is 14.2. The van der Waals surface area contributed by atoms with Crippen LogP contribution in [0.4, 0.5) is 0 Å². The van der Waals surface area contributed by atoms with Crippen molar-refractivity contribution in [3.63, 3.8) is 0 Å². The standard InChI is InChI=1S/C18H16Br6/c1-2-15(13-9-5-3-6-10-13)16(19,14-11-7-4-8-12-14)17(20,21)18(22,23)24/h3-12,15H,2H2,1H3. The molecule has 2 rings (SSSR count). The zero-order valence-electron chi connectivity index (χ0n) is 12.8. The summed E-state index contributed by atoms with van der Waals surface area (Å²) in [6, 6.07) is 21.1. The van der Waals surface area contributed by atoms with Crippen LogP contribution >= 0.6 is 95.6 Å². The summed E-state index contributed by atoms with van der Waals surface area (Å²) in [5.74, 6) is 0.215. The van der Waals surface area contributed by atoms with Crippen molar-refractivity contribution in [1.29, 1.82) is 0 Å². The van der Waals surface area contributed by atoms with Gasteiger partial charge in [0.15, 0.2) is 2.14 Å². The molecule has 0 amide bonds. The Labute approximate surface area is 194 Å². The summed E-state index contributed by atoms with van der Waals surface area (Å²) in [5, 5.41) is 0. The maximum Gasteiger partial charge on any atom is 0.161 e. The van der Waals surface area contributed by atoms with E-state index in [4.69, 9.17) is 0 Å². The van der Waals surface area contributed by atoms with Gasteiger partial charge in [-0.1, -0.05) is 163 Å². The smallest absolute Gasteiger partial charge is 0.0768 e. The van der Waals surface area contributed by atoms with Crippen LogP contribution in [-0.2, 0) is 4.32 Å². The van der Waals surface area contributed by atoms with Crippen molar-refractivity contribution in [3.8, 4) is 0 Å². The Balaban J connectivity index is 2.72. The minimum absolute atomic E-state index is 0.215. The second-order valence-corrected chi connectivity index (χ2v) is 17.0. The van der Waals surface area contributed by atoms with E-state index in [2.05, 4.69) is 151 Å². The highest BCUT2D eigenvalue weighted by Crippen LogP contribution is 2.68. The average molecular weight is 712 g/mol. The fraction of sp³-hybridized carbons (Fsp3) is 0.333. The number of hydrogen-bond donors (Lipinski definition) is 0. The molecule has 0 aliphatic carbocycles. The summed E-state index contributed by atoms with van der Waals surface area (Å²) in [4.78, 5) is 0. The number of benzene rings is 2. The van der Waals surface area contributed by atoms with Crippen LogP contribution < -0.4 is 0 Å². The molecule has 2 aromatic carbocycles. The van der Waals surface area contributed by atoms with Gasteiger partial charge in [-0.05, 0) is 17.5 Å². The largest absolute Gasteiger partial charge is 0.161 e. The lowest BCUT2D eigenvalue weighted by molar-refractivity contribution is 0.468. The average Bonchev–Trinajstić information content (AvgIpc) is 2.56. The summed E-state index contributed by atoms with van der Waals surface area (Å²) in [6.07, 6.45) is 0.964. The van der Waals surface area contributed by atoms with Gasteiger partial charge < -0.3 is 0 Å². The molecule has 0 saturated heterocycles. The Morgan fingerprint density at radius 2 is 1.21 bits per heavy atom. The number of halogens is 6. The summed E-state index contributed by atoms with van der Waals surface area (Å²) >= 11 is 23.1. The predicted octanol–water partition coefficient (Wildman–Crippen LogP) is 8.80. The van der Waals surface area contributed by atoms with Crippen LogP contribution in [0.5, 0.6) is 0 Å². The molecule has 0 spiro atoms. The quantitative estimate of drug-likeness (QED) is 0.272. The van der Waals surface area contributed by atoms with Crippen LogP contribution in [0.2, 0.25) is 0 Å². The Hall–Kier alpha value is 1.32. The number of hydrogen-bond acceptors (Lipinski definition) is 0. The normalized spacial score (nSPS) is 16.5. The summed E-state index contributed by atoms with van der Waals surface area (Å²) < 4.78 is -1.62. The third-order valence-electron chi connectivity index (χ3n) is 4.10. The van der Waals surface area contributed by atoms with Gasteiger partial charge in [-0.3, -0.25) is 0 Å². The van der Waals surface area contributed by atoms with Crippen LogP contribution in [0.15, 0.2) is 60.7 Å². The van der Waals surface area contributed by atoms with Crippen LogP contribution in [0.25, 0.3) is 0 Å². The molecular weight excluding hydrogens is 696 g/mol. The van der Waals surface area contributed by atoms with Crippen molar-refractivity contribution < 1.29 is 0 Å². The molecule has 0 heterocycles. The second-order valence-electron chi connectivity index (χ2n) is 5.52. The molecule has 0 aliphatic rings. The third kappa shape index (κ3) is 4.09. The van der Waals surface area contributed by atoms with Crippen LogP contribution in [0.3, 0.4) is 0 Å². The fourth-order valence-corrected chi connectivity index (χ4v) is 6.82. The zero-order chi connectivity index (χ0) is 18.0. The second kappa shape index (κ2) is 8.55. The molecular formula is C18H16Br6. The Kier molecular flexibility index (Phi) is 7.71. The van der Waals surface area contributed by atoms with Gasteiger partial charge in [-0.2, -0.15) is 0 Å². The molecule has 0 aromatic heterocycles. The summed E-state index contributed by atoms with van der Waals surface area (Å²) in [7, 11) is 0. The van der Waals surface area contributed by atoms with E-state index in [9.17, 15) is 0 Å². The maximum atomic E-state index is 4.13. The van der Waals surface area contributed by atoms with Gasteiger partial charge in [-0.25, -0.2) is 0 Å². The van der Waals surface area contributed by atoms with E-state index < -0.39 is 9.70 Å². The molecule has 0 bridgehead atoms. The van der Waals surface area contributed by atoms with Crippen LogP contribution in [-0.4, -0.2) is 5.38 Å². The molecule has 2 aromatic rings. The van der Waals surface area contributed by atoms with Crippen molar-refractivity contribution in [2.24, 2.45) is 0 Å². The molecule has 6 heteroatoms. The Bertz CT molecular complexity index is 650. The highest BCUT2D eigenvalue weighted by atomic mass is 80.0. The van der Waals surface area contributed by atoms with Crippen LogP contribution in [0, 0.1) is 0 Å². The Morgan fingerprint density at radius 1 is 0.750 bits per heavy atom. The van der Waals surface area contributed by atoms with Crippen molar-refractivity contribution in [2.45, 2.75) is 29.0 Å². The van der Waals surface area contributed by atoms with Gasteiger partial charge in [0.25, 0.3) is 0 Å². The SMILES string of the molecule is CCC(c1ccccc1)C(Br)(c1ccccc1)C(Br)(Br)C(Br)(Br)Br. The van der Waals surface area contributed by atoms with E-state index in [-0.39, 0.29) is 5.92 Å². The van der Waals surface area contributed by atoms with Gasteiger partial charge in [0.1, 0.15) is 3.23 Å². The lowest BCUT2D eigenvalue weighted by Gasteiger charge is -2.49. The molecule has 0 aliphatic heterocycles. The van der Waals surface area contributed by atoms with Gasteiger partial charge in [-0.15, -0.1) is 0 Å². The maximum absolute atomic E-state index is 4.13. The predicted molar refractivity (Wildman–Crippen MR) is 127 cm³/mol. The van der Waals surface area contributed by atoms with E-state index in [1.807, 2.05) is 12.1 Å². The molecule has 2 unspecified atom stereocenters. The van der Waals surface area contributed by atoms with Crippen molar-refractivity contribution in [3.05, 3.63) is 71.8 Å². The highest BCUT2D eigenvalue weighted by molar-refractivity contribution is 9.41. The molecule has 0 radical (unpaired) electrons. The molecule has 2 atom stereocenters. The molecule has 0 saturated carbocycles. The number of rotatable bonds is 5. The molecule has 0 fully saturated rings. The van der Waals surface area contributed by atoms with Gasteiger partial charge >= 0.3 is 0 Å². The zero-order valence-corrected chi connectivity index (χ0v) is 22.3. The topological polar surface area (TPSA) is 0 Å².